The van der Waals surface area contributed by atoms with E-state index in [1.54, 1.807) is 18.0 Å². The average molecular weight is 360 g/mol. The Labute approximate surface area is 150 Å². The quantitative estimate of drug-likeness (QED) is 0.575. The van der Waals surface area contributed by atoms with Crippen molar-refractivity contribution in [1.82, 2.24) is 10.2 Å². The van der Waals surface area contributed by atoms with E-state index in [-0.39, 0.29) is 18.7 Å². The minimum absolute atomic E-state index is 0.0134. The predicted molar refractivity (Wildman–Crippen MR) is 94.6 cm³/mol. The van der Waals surface area contributed by atoms with Crippen LogP contribution in [-0.2, 0) is 17.1 Å². The number of hydrogen-bond donors (Lipinski definition) is 1. The summed E-state index contributed by atoms with van der Waals surface area (Å²) in [5.41, 5.74) is 1.13. The van der Waals surface area contributed by atoms with Crippen molar-refractivity contribution in [3.05, 3.63) is 47.9 Å². The van der Waals surface area contributed by atoms with Crippen LogP contribution in [0.25, 0.3) is 0 Å². The van der Waals surface area contributed by atoms with Crippen molar-refractivity contribution < 1.29 is 18.7 Å². The van der Waals surface area contributed by atoms with E-state index in [4.69, 9.17) is 13.9 Å². The maximum atomic E-state index is 12.2. The Morgan fingerprint density at radius 2 is 2.20 bits per heavy atom. The molecule has 1 saturated heterocycles. The number of benzene rings is 1. The first-order chi connectivity index (χ1) is 12.3. The van der Waals surface area contributed by atoms with Crippen LogP contribution in [0.5, 0.6) is 11.5 Å². The molecule has 4 rings (SSSR count). The summed E-state index contributed by atoms with van der Waals surface area (Å²) >= 11 is 1.75. The molecule has 3 heterocycles. The van der Waals surface area contributed by atoms with E-state index < -0.39 is 0 Å². The molecule has 2 aliphatic rings. The van der Waals surface area contributed by atoms with Gasteiger partial charge in [-0.3, -0.25) is 9.69 Å². The molecule has 2 atom stereocenters. The van der Waals surface area contributed by atoms with E-state index in [0.29, 0.717) is 6.54 Å². The highest BCUT2D eigenvalue weighted by Crippen LogP contribution is 2.33. The molecular weight excluding hydrogens is 340 g/mol. The number of amides is 1. The van der Waals surface area contributed by atoms with Crippen molar-refractivity contribution in [3.63, 3.8) is 0 Å². The van der Waals surface area contributed by atoms with Crippen LogP contribution in [0.2, 0.25) is 0 Å². The summed E-state index contributed by atoms with van der Waals surface area (Å²) in [4.78, 5) is 14.3. The lowest BCUT2D eigenvalue weighted by Gasteiger charge is -2.07. The van der Waals surface area contributed by atoms with Crippen molar-refractivity contribution >= 4 is 17.7 Å². The number of nitrogens with one attached hydrogen (secondary N) is 1. The van der Waals surface area contributed by atoms with Crippen LogP contribution in [0.15, 0.2) is 41.0 Å². The molecule has 2 aliphatic heterocycles. The Bertz CT molecular complexity index is 735. The molecule has 0 saturated carbocycles. The normalized spacial score (nSPS) is 20.5. The monoisotopic (exact) mass is 360 g/mol. The van der Waals surface area contributed by atoms with Gasteiger partial charge in [0.15, 0.2) is 11.5 Å². The number of hydrogen-bond acceptors (Lipinski definition) is 6. The van der Waals surface area contributed by atoms with E-state index in [2.05, 4.69) is 10.2 Å². The smallest absolute Gasteiger partial charge is 0.238 e. The largest absolute Gasteiger partial charge is 0.468 e. The van der Waals surface area contributed by atoms with Gasteiger partial charge < -0.3 is 19.2 Å². The van der Waals surface area contributed by atoms with Gasteiger partial charge in [-0.25, -0.2) is 0 Å². The first-order valence-electron chi connectivity index (χ1n) is 8.30. The van der Waals surface area contributed by atoms with Gasteiger partial charge in [0.05, 0.1) is 12.0 Å². The van der Waals surface area contributed by atoms with Crippen LogP contribution in [0.4, 0.5) is 0 Å². The summed E-state index contributed by atoms with van der Waals surface area (Å²) < 4.78 is 16.0. The van der Waals surface area contributed by atoms with Gasteiger partial charge in [0, 0.05) is 25.4 Å². The molecule has 2 aromatic rings. The van der Waals surface area contributed by atoms with Crippen LogP contribution in [0.1, 0.15) is 11.3 Å². The molecule has 25 heavy (non-hydrogen) atoms. The van der Waals surface area contributed by atoms with Gasteiger partial charge in [-0.2, -0.15) is 11.8 Å². The van der Waals surface area contributed by atoms with Crippen molar-refractivity contribution in [2.75, 3.05) is 25.6 Å². The number of furan rings is 1. The zero-order valence-corrected chi connectivity index (χ0v) is 14.6. The third kappa shape index (κ3) is 4.11. The molecule has 1 aromatic heterocycles. The summed E-state index contributed by atoms with van der Waals surface area (Å²) in [6.07, 6.45) is 1.68. The molecule has 0 radical (unpaired) electrons. The molecule has 132 valence electrons. The fraction of sp³-hybridized carbons (Fsp3) is 0.389. The number of rotatable bonds is 8. The molecule has 6 nitrogen and oxygen atoms in total. The maximum Gasteiger partial charge on any atom is 0.238 e. The van der Waals surface area contributed by atoms with Crippen molar-refractivity contribution in [1.29, 1.82) is 0 Å². The third-order valence-corrected chi connectivity index (χ3v) is 5.19. The lowest BCUT2D eigenvalue weighted by atomic mass is 10.2. The van der Waals surface area contributed by atoms with Gasteiger partial charge >= 0.3 is 0 Å². The standard InChI is InChI=1S/C18H20N2O4S/c21-18(19-5-7-25-11-14-2-1-6-22-14)15-10-20(15)9-13-3-4-16-17(8-13)24-12-23-16/h1-4,6,8,15H,5,7,9-12H2,(H,19,21). The molecule has 1 fully saturated rings. The highest BCUT2D eigenvalue weighted by molar-refractivity contribution is 7.98. The minimum atomic E-state index is -0.0134. The van der Waals surface area contributed by atoms with Crippen molar-refractivity contribution in [3.8, 4) is 11.5 Å². The van der Waals surface area contributed by atoms with Crippen LogP contribution >= 0.6 is 11.8 Å². The van der Waals surface area contributed by atoms with Crippen LogP contribution in [-0.4, -0.2) is 42.5 Å². The van der Waals surface area contributed by atoms with Crippen molar-refractivity contribution in [2.24, 2.45) is 0 Å². The first kappa shape index (κ1) is 16.4. The molecule has 0 aliphatic carbocycles. The molecule has 1 N–H and O–H groups in total. The second-order valence-corrected chi connectivity index (χ2v) is 7.16. The highest BCUT2D eigenvalue weighted by Gasteiger charge is 2.39. The lowest BCUT2D eigenvalue weighted by Crippen LogP contribution is -2.31. The van der Waals surface area contributed by atoms with Gasteiger partial charge in [0.25, 0.3) is 0 Å². The van der Waals surface area contributed by atoms with E-state index >= 15 is 0 Å². The van der Waals surface area contributed by atoms with E-state index in [1.807, 2.05) is 30.3 Å². The number of carbonyl (C=O) groups excluding carboxylic acids is 1. The molecule has 2 unspecified atom stereocenters. The summed E-state index contributed by atoms with van der Waals surface area (Å²) in [7, 11) is 0. The summed E-state index contributed by atoms with van der Waals surface area (Å²) in [6, 6.07) is 9.77. The maximum absolute atomic E-state index is 12.2. The number of ether oxygens (including phenoxy) is 2. The Balaban J connectivity index is 1.15. The Kier molecular flexibility index (Phi) is 4.85. The fourth-order valence-electron chi connectivity index (χ4n) is 2.80. The number of fused-ring (bicyclic) bond motifs is 1. The highest BCUT2D eigenvalue weighted by atomic mass is 32.2. The van der Waals surface area contributed by atoms with Gasteiger partial charge in [0.1, 0.15) is 11.8 Å². The first-order valence-corrected chi connectivity index (χ1v) is 9.45. The molecule has 1 aromatic carbocycles. The van der Waals surface area contributed by atoms with Crippen LogP contribution in [0.3, 0.4) is 0 Å². The topological polar surface area (TPSA) is 63.7 Å². The minimum Gasteiger partial charge on any atom is -0.468 e. The molecular formula is C18H20N2O4S. The number of carbonyl (C=O) groups is 1. The van der Waals surface area contributed by atoms with Gasteiger partial charge in [-0.05, 0) is 29.8 Å². The lowest BCUT2D eigenvalue weighted by molar-refractivity contribution is -0.121. The Morgan fingerprint density at radius 3 is 3.08 bits per heavy atom. The van der Waals surface area contributed by atoms with Crippen LogP contribution < -0.4 is 14.8 Å². The van der Waals surface area contributed by atoms with Crippen LogP contribution in [0, 0.1) is 0 Å². The van der Waals surface area contributed by atoms with Gasteiger partial charge in [-0.15, -0.1) is 0 Å². The molecule has 1 amide bonds. The summed E-state index contributed by atoms with van der Waals surface area (Å²) in [6.45, 7) is 2.52. The number of nitrogens with zero attached hydrogens (tertiary/aromatic N) is 1. The zero-order chi connectivity index (χ0) is 17.1. The summed E-state index contributed by atoms with van der Waals surface area (Å²) in [5.74, 6) is 4.36. The zero-order valence-electron chi connectivity index (χ0n) is 13.8. The third-order valence-electron chi connectivity index (χ3n) is 4.21. The second kappa shape index (κ2) is 7.41. The number of thioether (sulfide) groups is 1. The summed E-state index contributed by atoms with van der Waals surface area (Å²) in [5, 5.41) is 3.01. The van der Waals surface area contributed by atoms with Gasteiger partial charge in [0.2, 0.25) is 12.7 Å². The SMILES string of the molecule is O=C(NCCSCc1ccco1)C1CN1Cc1ccc2c(c1)OCO2. The van der Waals surface area contributed by atoms with E-state index in [0.717, 1.165) is 47.4 Å². The molecule has 0 spiro atoms. The molecule has 0 bridgehead atoms. The van der Waals surface area contributed by atoms with E-state index in [9.17, 15) is 4.79 Å². The van der Waals surface area contributed by atoms with Crippen molar-refractivity contribution in [2.45, 2.75) is 18.3 Å². The molecule has 7 heteroatoms. The Hall–Kier alpha value is -2.12. The predicted octanol–water partition coefficient (Wildman–Crippen LogP) is 2.24. The Morgan fingerprint density at radius 1 is 1.28 bits per heavy atom. The van der Waals surface area contributed by atoms with E-state index in [1.165, 1.54) is 0 Å². The fourth-order valence-corrected chi connectivity index (χ4v) is 3.56. The second-order valence-electron chi connectivity index (χ2n) is 6.06. The average Bonchev–Trinajstić information content (AvgIpc) is 3.01. The van der Waals surface area contributed by atoms with Gasteiger partial charge in [-0.1, -0.05) is 6.07 Å².